The van der Waals surface area contributed by atoms with Gasteiger partial charge in [-0.05, 0) is 50.2 Å². The lowest BCUT2D eigenvalue weighted by Crippen LogP contribution is -2.26. The summed E-state index contributed by atoms with van der Waals surface area (Å²) in [5, 5.41) is 3.62. The molecule has 2 nitrogen and oxygen atoms in total. The molecule has 0 amide bonds. The number of hydrogen-bond donors (Lipinski definition) is 1. The first-order valence-corrected chi connectivity index (χ1v) is 6.44. The Labute approximate surface area is 98.4 Å². The highest BCUT2D eigenvalue weighted by Crippen LogP contribution is 2.49. The van der Waals surface area contributed by atoms with Gasteiger partial charge in [0, 0.05) is 6.54 Å². The Morgan fingerprint density at radius 3 is 2.75 bits per heavy atom. The normalized spacial score (nSPS) is 19.7. The predicted octanol–water partition coefficient (Wildman–Crippen LogP) is 3.82. The van der Waals surface area contributed by atoms with Gasteiger partial charge in [-0.15, -0.1) is 0 Å². The van der Waals surface area contributed by atoms with Crippen molar-refractivity contribution in [2.45, 2.75) is 52.5 Å². The SMILES string of the molecule is CCCC1(CNC(C)c2occc2C)CC1. The molecule has 1 fully saturated rings. The summed E-state index contributed by atoms with van der Waals surface area (Å²) in [4.78, 5) is 0. The van der Waals surface area contributed by atoms with Gasteiger partial charge in [0.25, 0.3) is 0 Å². The van der Waals surface area contributed by atoms with Crippen molar-refractivity contribution in [3.8, 4) is 0 Å². The van der Waals surface area contributed by atoms with Crippen LogP contribution in [0.25, 0.3) is 0 Å². The number of nitrogens with one attached hydrogen (secondary N) is 1. The van der Waals surface area contributed by atoms with Gasteiger partial charge in [0.15, 0.2) is 0 Å². The van der Waals surface area contributed by atoms with E-state index >= 15 is 0 Å². The maximum absolute atomic E-state index is 5.51. The molecule has 0 bridgehead atoms. The summed E-state index contributed by atoms with van der Waals surface area (Å²) in [6.07, 6.45) is 7.25. The van der Waals surface area contributed by atoms with Crippen molar-refractivity contribution in [3.05, 3.63) is 23.7 Å². The summed E-state index contributed by atoms with van der Waals surface area (Å²) >= 11 is 0. The van der Waals surface area contributed by atoms with Gasteiger partial charge >= 0.3 is 0 Å². The summed E-state index contributed by atoms with van der Waals surface area (Å²) in [5.41, 5.74) is 1.86. The van der Waals surface area contributed by atoms with E-state index in [2.05, 4.69) is 26.1 Å². The third-order valence-corrected chi connectivity index (χ3v) is 3.82. The summed E-state index contributed by atoms with van der Waals surface area (Å²) < 4.78 is 5.51. The number of hydrogen-bond acceptors (Lipinski definition) is 2. The molecule has 1 aromatic rings. The smallest absolute Gasteiger partial charge is 0.123 e. The first kappa shape index (κ1) is 11.7. The van der Waals surface area contributed by atoms with Crippen LogP contribution in [0.5, 0.6) is 0 Å². The van der Waals surface area contributed by atoms with Crippen molar-refractivity contribution in [2.24, 2.45) is 5.41 Å². The van der Waals surface area contributed by atoms with E-state index in [4.69, 9.17) is 4.42 Å². The Morgan fingerprint density at radius 1 is 1.50 bits per heavy atom. The van der Waals surface area contributed by atoms with E-state index in [0.29, 0.717) is 11.5 Å². The zero-order valence-corrected chi connectivity index (χ0v) is 10.7. The van der Waals surface area contributed by atoms with Crippen LogP contribution in [0.2, 0.25) is 0 Å². The minimum atomic E-state index is 0.337. The van der Waals surface area contributed by atoms with Crippen molar-refractivity contribution in [3.63, 3.8) is 0 Å². The molecule has 1 unspecified atom stereocenters. The van der Waals surface area contributed by atoms with Gasteiger partial charge in [-0.25, -0.2) is 0 Å². The fraction of sp³-hybridized carbons (Fsp3) is 0.714. The Hall–Kier alpha value is -0.760. The number of aryl methyl sites for hydroxylation is 1. The molecule has 2 heteroatoms. The molecule has 1 saturated carbocycles. The highest BCUT2D eigenvalue weighted by atomic mass is 16.3. The van der Waals surface area contributed by atoms with Crippen LogP contribution < -0.4 is 5.32 Å². The zero-order valence-electron chi connectivity index (χ0n) is 10.7. The predicted molar refractivity (Wildman–Crippen MR) is 66.4 cm³/mol. The average molecular weight is 221 g/mol. The maximum atomic E-state index is 5.51. The molecule has 1 aliphatic carbocycles. The van der Waals surface area contributed by atoms with E-state index in [1.807, 2.05) is 6.07 Å². The van der Waals surface area contributed by atoms with E-state index in [1.54, 1.807) is 6.26 Å². The number of rotatable bonds is 6. The maximum Gasteiger partial charge on any atom is 0.123 e. The van der Waals surface area contributed by atoms with Crippen LogP contribution in [0.1, 0.15) is 56.9 Å². The lowest BCUT2D eigenvalue weighted by atomic mass is 10.00. The lowest BCUT2D eigenvalue weighted by Gasteiger charge is -2.18. The minimum absolute atomic E-state index is 0.337. The van der Waals surface area contributed by atoms with Gasteiger partial charge in [0.05, 0.1) is 12.3 Å². The van der Waals surface area contributed by atoms with E-state index in [1.165, 1.54) is 31.2 Å². The molecule has 1 N–H and O–H groups in total. The molecule has 0 aromatic carbocycles. The van der Waals surface area contributed by atoms with Crippen LogP contribution in [0.4, 0.5) is 0 Å². The van der Waals surface area contributed by atoms with Crippen molar-refractivity contribution in [1.29, 1.82) is 0 Å². The fourth-order valence-corrected chi connectivity index (χ4v) is 2.51. The summed E-state index contributed by atoms with van der Waals surface area (Å²) in [5.74, 6) is 1.09. The quantitative estimate of drug-likeness (QED) is 0.790. The Morgan fingerprint density at radius 2 is 2.25 bits per heavy atom. The van der Waals surface area contributed by atoms with E-state index in [9.17, 15) is 0 Å². The zero-order chi connectivity index (χ0) is 11.6. The average Bonchev–Trinajstić information content (AvgIpc) is 2.89. The molecule has 1 aliphatic rings. The van der Waals surface area contributed by atoms with E-state index < -0.39 is 0 Å². The standard InChI is InChI=1S/C14H23NO/c1-4-6-14(7-8-14)10-15-12(3)13-11(2)5-9-16-13/h5,9,12,15H,4,6-8,10H2,1-3H3. The van der Waals surface area contributed by atoms with Gasteiger partial charge in [-0.2, -0.15) is 0 Å². The highest BCUT2D eigenvalue weighted by molar-refractivity contribution is 5.17. The second-order valence-corrected chi connectivity index (χ2v) is 5.32. The second kappa shape index (κ2) is 4.62. The number of furan rings is 1. The molecule has 90 valence electrons. The first-order chi connectivity index (χ1) is 7.67. The van der Waals surface area contributed by atoms with Crippen LogP contribution in [-0.2, 0) is 0 Å². The van der Waals surface area contributed by atoms with Crippen molar-refractivity contribution >= 4 is 0 Å². The van der Waals surface area contributed by atoms with Gasteiger partial charge < -0.3 is 9.73 Å². The van der Waals surface area contributed by atoms with Crippen LogP contribution in [0.15, 0.2) is 16.7 Å². The van der Waals surface area contributed by atoms with Gasteiger partial charge in [0.1, 0.15) is 5.76 Å². The molecule has 1 heterocycles. The highest BCUT2D eigenvalue weighted by Gasteiger charge is 2.41. The lowest BCUT2D eigenvalue weighted by molar-refractivity contribution is 0.365. The Balaban J connectivity index is 1.84. The summed E-state index contributed by atoms with van der Waals surface area (Å²) in [6, 6.07) is 2.37. The summed E-state index contributed by atoms with van der Waals surface area (Å²) in [7, 11) is 0. The van der Waals surface area contributed by atoms with Gasteiger partial charge in [-0.3, -0.25) is 0 Å². The van der Waals surface area contributed by atoms with Crippen molar-refractivity contribution in [1.82, 2.24) is 5.32 Å². The van der Waals surface area contributed by atoms with Crippen LogP contribution in [0, 0.1) is 12.3 Å². The molecule has 0 aliphatic heterocycles. The third kappa shape index (κ3) is 2.49. The molecular weight excluding hydrogens is 198 g/mol. The molecular formula is C14H23NO. The monoisotopic (exact) mass is 221 g/mol. The molecule has 0 radical (unpaired) electrons. The largest absolute Gasteiger partial charge is 0.467 e. The molecule has 0 spiro atoms. The second-order valence-electron chi connectivity index (χ2n) is 5.32. The van der Waals surface area contributed by atoms with Crippen LogP contribution in [0.3, 0.4) is 0 Å². The van der Waals surface area contributed by atoms with E-state index in [0.717, 1.165) is 12.3 Å². The van der Waals surface area contributed by atoms with E-state index in [-0.39, 0.29) is 0 Å². The minimum Gasteiger partial charge on any atom is -0.467 e. The van der Waals surface area contributed by atoms with Crippen LogP contribution >= 0.6 is 0 Å². The molecule has 2 rings (SSSR count). The van der Waals surface area contributed by atoms with Crippen LogP contribution in [-0.4, -0.2) is 6.54 Å². The van der Waals surface area contributed by atoms with Gasteiger partial charge in [-0.1, -0.05) is 13.3 Å². The molecule has 0 saturated heterocycles. The van der Waals surface area contributed by atoms with Crippen molar-refractivity contribution < 1.29 is 4.42 Å². The Bertz CT molecular complexity index is 338. The molecule has 16 heavy (non-hydrogen) atoms. The first-order valence-electron chi connectivity index (χ1n) is 6.44. The molecule has 1 aromatic heterocycles. The van der Waals surface area contributed by atoms with Gasteiger partial charge in [0.2, 0.25) is 0 Å². The summed E-state index contributed by atoms with van der Waals surface area (Å²) in [6.45, 7) is 7.71. The fourth-order valence-electron chi connectivity index (χ4n) is 2.51. The Kier molecular flexibility index (Phi) is 3.38. The topological polar surface area (TPSA) is 25.2 Å². The molecule has 1 atom stereocenters. The third-order valence-electron chi connectivity index (χ3n) is 3.82. The van der Waals surface area contributed by atoms with Crippen molar-refractivity contribution in [2.75, 3.05) is 6.54 Å².